The van der Waals surface area contributed by atoms with Gasteiger partial charge in [0.25, 0.3) is 0 Å². The largest absolute Gasteiger partial charge is 0.507 e. The molecule has 0 saturated carbocycles. The van der Waals surface area contributed by atoms with Crippen LogP contribution in [0.5, 0.6) is 5.75 Å². The lowest BCUT2D eigenvalue weighted by atomic mass is 9.96. The zero-order valence-electron chi connectivity index (χ0n) is 8.25. The maximum atomic E-state index is 9.26. The Labute approximate surface area is 103 Å². The minimum atomic E-state index is -0.212. The Bertz CT molecular complexity index is 307. The SMILES string of the molecule is Br.CC(C)(N)Cc1ccc(O)c(Br)c1. The molecule has 0 aliphatic rings. The number of hydrogen-bond donors (Lipinski definition) is 2. The van der Waals surface area contributed by atoms with Crippen molar-refractivity contribution in [3.8, 4) is 5.75 Å². The molecule has 0 spiro atoms. The molecule has 2 nitrogen and oxygen atoms in total. The molecule has 0 aromatic heterocycles. The Morgan fingerprint density at radius 2 is 2.00 bits per heavy atom. The van der Waals surface area contributed by atoms with Crippen molar-refractivity contribution in [2.24, 2.45) is 5.73 Å². The molecule has 1 aromatic rings. The van der Waals surface area contributed by atoms with E-state index in [0.29, 0.717) is 4.47 Å². The van der Waals surface area contributed by atoms with E-state index in [1.165, 1.54) is 0 Å². The summed E-state index contributed by atoms with van der Waals surface area (Å²) in [6, 6.07) is 5.45. The summed E-state index contributed by atoms with van der Waals surface area (Å²) in [6.45, 7) is 3.96. The third-order valence-corrected chi connectivity index (χ3v) is 2.31. The smallest absolute Gasteiger partial charge is 0.129 e. The van der Waals surface area contributed by atoms with Crippen LogP contribution in [0.15, 0.2) is 22.7 Å². The van der Waals surface area contributed by atoms with E-state index in [1.54, 1.807) is 6.07 Å². The van der Waals surface area contributed by atoms with Gasteiger partial charge in [0.15, 0.2) is 0 Å². The summed E-state index contributed by atoms with van der Waals surface area (Å²) in [7, 11) is 0. The number of phenolic OH excluding ortho intramolecular Hbond substituents is 1. The van der Waals surface area contributed by atoms with E-state index in [9.17, 15) is 5.11 Å². The summed E-state index contributed by atoms with van der Waals surface area (Å²) in [6.07, 6.45) is 0.798. The highest BCUT2D eigenvalue weighted by molar-refractivity contribution is 9.10. The van der Waals surface area contributed by atoms with Gasteiger partial charge < -0.3 is 10.8 Å². The van der Waals surface area contributed by atoms with Gasteiger partial charge in [-0.2, -0.15) is 0 Å². The molecule has 0 heterocycles. The molecule has 0 amide bonds. The van der Waals surface area contributed by atoms with E-state index in [0.717, 1.165) is 12.0 Å². The number of nitrogens with two attached hydrogens (primary N) is 1. The minimum Gasteiger partial charge on any atom is -0.507 e. The monoisotopic (exact) mass is 323 g/mol. The van der Waals surface area contributed by atoms with E-state index in [-0.39, 0.29) is 28.3 Å². The first kappa shape index (κ1) is 13.9. The van der Waals surface area contributed by atoms with Crippen molar-refractivity contribution in [3.63, 3.8) is 0 Å². The van der Waals surface area contributed by atoms with Gasteiger partial charge in [-0.05, 0) is 53.9 Å². The van der Waals surface area contributed by atoms with Crippen LogP contribution < -0.4 is 5.73 Å². The van der Waals surface area contributed by atoms with Crippen molar-refractivity contribution in [2.45, 2.75) is 25.8 Å². The number of phenols is 1. The Morgan fingerprint density at radius 1 is 1.43 bits per heavy atom. The highest BCUT2D eigenvalue weighted by Gasteiger charge is 2.12. The van der Waals surface area contributed by atoms with Crippen molar-refractivity contribution in [2.75, 3.05) is 0 Å². The fraction of sp³-hybridized carbons (Fsp3) is 0.400. The van der Waals surface area contributed by atoms with Crippen molar-refractivity contribution in [1.29, 1.82) is 0 Å². The summed E-state index contributed by atoms with van der Waals surface area (Å²) >= 11 is 3.26. The predicted octanol–water partition coefficient (Wildman–Crippen LogP) is 3.01. The molecule has 0 aliphatic carbocycles. The topological polar surface area (TPSA) is 46.2 Å². The molecule has 14 heavy (non-hydrogen) atoms. The average molecular weight is 325 g/mol. The highest BCUT2D eigenvalue weighted by atomic mass is 79.9. The summed E-state index contributed by atoms with van der Waals surface area (Å²) < 4.78 is 0.717. The van der Waals surface area contributed by atoms with E-state index >= 15 is 0 Å². The Kier molecular flexibility index (Phi) is 5.12. The van der Waals surface area contributed by atoms with Crippen LogP contribution in [0.4, 0.5) is 0 Å². The van der Waals surface area contributed by atoms with Gasteiger partial charge in [0.2, 0.25) is 0 Å². The minimum absolute atomic E-state index is 0. The molecular formula is C10H15Br2NO. The van der Waals surface area contributed by atoms with Crippen LogP contribution in [0.1, 0.15) is 19.4 Å². The first-order chi connectivity index (χ1) is 5.88. The maximum absolute atomic E-state index is 9.26. The van der Waals surface area contributed by atoms with Crippen LogP contribution >= 0.6 is 32.9 Å². The lowest BCUT2D eigenvalue weighted by Gasteiger charge is -2.18. The zero-order valence-corrected chi connectivity index (χ0v) is 11.5. The average Bonchev–Trinajstić information content (AvgIpc) is 1.94. The molecule has 0 atom stereocenters. The molecule has 0 radical (unpaired) electrons. The summed E-state index contributed by atoms with van der Waals surface area (Å²) in [4.78, 5) is 0. The molecule has 4 heteroatoms. The first-order valence-electron chi connectivity index (χ1n) is 4.15. The summed E-state index contributed by atoms with van der Waals surface area (Å²) in [5.74, 6) is 0.263. The number of hydrogen-bond acceptors (Lipinski definition) is 2. The molecule has 0 unspecified atom stereocenters. The normalized spacial score (nSPS) is 10.9. The summed E-state index contributed by atoms with van der Waals surface area (Å²) in [5, 5.41) is 9.26. The van der Waals surface area contributed by atoms with Gasteiger partial charge in [-0.25, -0.2) is 0 Å². The number of benzene rings is 1. The van der Waals surface area contributed by atoms with E-state index in [1.807, 2.05) is 26.0 Å². The van der Waals surface area contributed by atoms with Gasteiger partial charge in [0, 0.05) is 5.54 Å². The molecule has 1 rings (SSSR count). The Hall–Kier alpha value is -0.0600. The van der Waals surface area contributed by atoms with Gasteiger partial charge in [0.05, 0.1) is 4.47 Å². The van der Waals surface area contributed by atoms with Gasteiger partial charge >= 0.3 is 0 Å². The maximum Gasteiger partial charge on any atom is 0.129 e. The van der Waals surface area contributed by atoms with Crippen LogP contribution in [0.3, 0.4) is 0 Å². The molecule has 80 valence electrons. The highest BCUT2D eigenvalue weighted by Crippen LogP contribution is 2.25. The quantitative estimate of drug-likeness (QED) is 0.878. The lowest BCUT2D eigenvalue weighted by Crippen LogP contribution is -2.34. The van der Waals surface area contributed by atoms with E-state index < -0.39 is 0 Å². The van der Waals surface area contributed by atoms with E-state index in [2.05, 4.69) is 15.9 Å². The van der Waals surface area contributed by atoms with Crippen molar-refractivity contribution < 1.29 is 5.11 Å². The standard InChI is InChI=1S/C10H14BrNO.BrH/c1-10(2,12)6-7-3-4-9(13)8(11)5-7;/h3-5,13H,6,12H2,1-2H3;1H. The fourth-order valence-electron chi connectivity index (χ4n) is 1.19. The molecule has 0 fully saturated rings. The molecule has 1 aromatic carbocycles. The van der Waals surface area contributed by atoms with Crippen LogP contribution in [0, 0.1) is 0 Å². The van der Waals surface area contributed by atoms with E-state index in [4.69, 9.17) is 5.73 Å². The second-order valence-electron chi connectivity index (χ2n) is 3.95. The van der Waals surface area contributed by atoms with Crippen LogP contribution in [-0.4, -0.2) is 10.6 Å². The van der Waals surface area contributed by atoms with Crippen molar-refractivity contribution in [1.82, 2.24) is 0 Å². The molecule has 0 saturated heterocycles. The fourth-order valence-corrected chi connectivity index (χ4v) is 1.61. The molecule has 0 aliphatic heterocycles. The second-order valence-corrected chi connectivity index (χ2v) is 4.81. The number of rotatable bonds is 2. The van der Waals surface area contributed by atoms with Crippen LogP contribution in [0.25, 0.3) is 0 Å². The Morgan fingerprint density at radius 3 is 2.43 bits per heavy atom. The van der Waals surface area contributed by atoms with Crippen molar-refractivity contribution in [3.05, 3.63) is 28.2 Å². The van der Waals surface area contributed by atoms with Crippen molar-refractivity contribution >= 4 is 32.9 Å². The molecule has 0 bridgehead atoms. The van der Waals surface area contributed by atoms with Gasteiger partial charge in [-0.1, -0.05) is 6.07 Å². The van der Waals surface area contributed by atoms with Gasteiger partial charge in [-0.15, -0.1) is 17.0 Å². The molecular weight excluding hydrogens is 310 g/mol. The predicted molar refractivity (Wildman–Crippen MR) is 68.1 cm³/mol. The van der Waals surface area contributed by atoms with Gasteiger partial charge in [0.1, 0.15) is 5.75 Å². The number of halogens is 2. The lowest BCUT2D eigenvalue weighted by molar-refractivity contribution is 0.470. The first-order valence-corrected chi connectivity index (χ1v) is 4.94. The van der Waals surface area contributed by atoms with Crippen LogP contribution in [-0.2, 0) is 6.42 Å². The summed E-state index contributed by atoms with van der Waals surface area (Å²) in [5.41, 5.74) is 6.79. The van der Waals surface area contributed by atoms with Crippen LogP contribution in [0.2, 0.25) is 0 Å². The Balaban J connectivity index is 0.00000169. The molecule has 3 N–H and O–H groups in total. The zero-order chi connectivity index (χ0) is 10.1. The second kappa shape index (κ2) is 5.14. The third-order valence-electron chi connectivity index (χ3n) is 1.67. The number of aromatic hydroxyl groups is 1. The third kappa shape index (κ3) is 4.44. The van der Waals surface area contributed by atoms with Gasteiger partial charge in [-0.3, -0.25) is 0 Å².